The zero-order valence-corrected chi connectivity index (χ0v) is 13.2. The van der Waals surface area contributed by atoms with E-state index in [1.165, 1.54) is 5.56 Å². The summed E-state index contributed by atoms with van der Waals surface area (Å²) in [5.74, 6) is -0.148. The fourth-order valence-corrected chi connectivity index (χ4v) is 2.87. The highest BCUT2D eigenvalue weighted by Crippen LogP contribution is 2.31. The molecule has 0 bridgehead atoms. The Labute approximate surface area is 135 Å². The molecule has 0 fully saturated rings. The number of nitrogens with one attached hydrogen (secondary N) is 1. The molecule has 4 nitrogen and oxygen atoms in total. The van der Waals surface area contributed by atoms with E-state index in [1.54, 1.807) is 12.1 Å². The third kappa shape index (κ3) is 2.99. The van der Waals surface area contributed by atoms with Crippen LogP contribution in [0.4, 0.5) is 5.69 Å². The van der Waals surface area contributed by atoms with Crippen molar-refractivity contribution in [2.75, 3.05) is 11.9 Å². The number of phenols is 2. The number of hydrogen-bond donors (Lipinski definition) is 3. The first kappa shape index (κ1) is 14.7. The minimum atomic E-state index is -0.0852. The first-order valence-corrected chi connectivity index (χ1v) is 7.60. The van der Waals surface area contributed by atoms with E-state index in [-0.39, 0.29) is 11.5 Å². The molecule has 3 rings (SSSR count). The van der Waals surface area contributed by atoms with Crippen LogP contribution in [0.15, 0.2) is 36.4 Å². The molecule has 0 atom stereocenters. The zero-order chi connectivity index (χ0) is 15.7. The van der Waals surface area contributed by atoms with Gasteiger partial charge in [0.1, 0.15) is 0 Å². The smallest absolute Gasteiger partial charge is 0.173 e. The van der Waals surface area contributed by atoms with Crippen molar-refractivity contribution in [2.45, 2.75) is 19.9 Å². The predicted octanol–water partition coefficient (Wildman–Crippen LogP) is 3.16. The second-order valence-corrected chi connectivity index (χ2v) is 5.96. The number of aromatic hydroxyl groups is 2. The zero-order valence-electron chi connectivity index (χ0n) is 12.3. The van der Waals surface area contributed by atoms with Crippen LogP contribution < -0.4 is 5.32 Å². The van der Waals surface area contributed by atoms with Gasteiger partial charge in [0, 0.05) is 18.8 Å². The van der Waals surface area contributed by atoms with E-state index in [0.717, 1.165) is 29.8 Å². The van der Waals surface area contributed by atoms with Crippen LogP contribution in [0.3, 0.4) is 0 Å². The van der Waals surface area contributed by atoms with Crippen molar-refractivity contribution in [3.8, 4) is 11.5 Å². The molecule has 5 heteroatoms. The van der Waals surface area contributed by atoms with E-state index in [2.05, 4.69) is 10.2 Å². The van der Waals surface area contributed by atoms with E-state index in [9.17, 15) is 10.2 Å². The van der Waals surface area contributed by atoms with Gasteiger partial charge in [-0.15, -0.1) is 0 Å². The lowest BCUT2D eigenvalue weighted by Gasteiger charge is -2.31. The van der Waals surface area contributed by atoms with E-state index in [1.807, 2.05) is 31.2 Å². The maximum atomic E-state index is 9.64. The Bertz CT molecular complexity index is 713. The van der Waals surface area contributed by atoms with Crippen LogP contribution in [0, 0.1) is 6.92 Å². The summed E-state index contributed by atoms with van der Waals surface area (Å²) in [6.07, 6.45) is 0.791. The lowest BCUT2D eigenvalue weighted by Crippen LogP contribution is -2.38. The third-order valence-electron chi connectivity index (χ3n) is 3.90. The van der Waals surface area contributed by atoms with E-state index < -0.39 is 0 Å². The quantitative estimate of drug-likeness (QED) is 0.557. The summed E-state index contributed by atoms with van der Waals surface area (Å²) in [6, 6.07) is 11.3. The Morgan fingerprint density at radius 3 is 2.41 bits per heavy atom. The van der Waals surface area contributed by atoms with Gasteiger partial charge in [-0.05, 0) is 61.0 Å². The van der Waals surface area contributed by atoms with Crippen molar-refractivity contribution in [1.82, 2.24) is 4.90 Å². The maximum absolute atomic E-state index is 9.64. The highest BCUT2D eigenvalue weighted by molar-refractivity contribution is 7.80. The second kappa shape index (κ2) is 5.85. The molecule has 0 aromatic heterocycles. The maximum Gasteiger partial charge on any atom is 0.173 e. The molecule has 0 saturated carbocycles. The van der Waals surface area contributed by atoms with Crippen LogP contribution in [0.1, 0.15) is 16.7 Å². The minimum absolute atomic E-state index is 0.0624. The summed E-state index contributed by atoms with van der Waals surface area (Å²) in [4.78, 5) is 2.06. The first-order chi connectivity index (χ1) is 10.5. The van der Waals surface area contributed by atoms with Gasteiger partial charge in [0.25, 0.3) is 0 Å². The standard InChI is InChI=1S/C17H18N2O2S/c1-11-2-4-14(5-3-11)18-17(22)19-7-6-12-8-15(20)16(21)9-13(12)10-19/h2-5,8-9,20-21H,6-7,10H2,1H3,(H,18,22). The summed E-state index contributed by atoms with van der Waals surface area (Å²) in [5.41, 5.74) is 4.23. The van der Waals surface area contributed by atoms with Crippen LogP contribution in [-0.4, -0.2) is 26.8 Å². The lowest BCUT2D eigenvalue weighted by atomic mass is 9.99. The van der Waals surface area contributed by atoms with Crippen LogP contribution in [0.5, 0.6) is 11.5 Å². The number of rotatable bonds is 1. The van der Waals surface area contributed by atoms with Crippen molar-refractivity contribution in [3.63, 3.8) is 0 Å². The molecular weight excluding hydrogens is 296 g/mol. The average Bonchev–Trinajstić information content (AvgIpc) is 2.50. The molecule has 114 valence electrons. The van der Waals surface area contributed by atoms with Gasteiger partial charge < -0.3 is 20.4 Å². The molecule has 2 aromatic rings. The molecule has 1 heterocycles. The Morgan fingerprint density at radius 2 is 1.73 bits per heavy atom. The molecule has 22 heavy (non-hydrogen) atoms. The van der Waals surface area contributed by atoms with Gasteiger partial charge >= 0.3 is 0 Å². The molecule has 0 aliphatic carbocycles. The van der Waals surface area contributed by atoms with Gasteiger partial charge in [-0.1, -0.05) is 17.7 Å². The van der Waals surface area contributed by atoms with Crippen molar-refractivity contribution in [3.05, 3.63) is 53.1 Å². The molecule has 3 N–H and O–H groups in total. The summed E-state index contributed by atoms with van der Waals surface area (Å²) in [5, 5.41) is 23.1. The molecule has 0 saturated heterocycles. The molecule has 1 aliphatic heterocycles. The van der Waals surface area contributed by atoms with Crippen LogP contribution >= 0.6 is 12.2 Å². The Kier molecular flexibility index (Phi) is 3.90. The molecule has 0 radical (unpaired) electrons. The Morgan fingerprint density at radius 1 is 1.09 bits per heavy atom. The lowest BCUT2D eigenvalue weighted by molar-refractivity contribution is 0.382. The first-order valence-electron chi connectivity index (χ1n) is 7.19. The number of thiocarbonyl (C=S) groups is 1. The fraction of sp³-hybridized carbons (Fsp3) is 0.235. The number of aryl methyl sites for hydroxylation is 1. The largest absolute Gasteiger partial charge is 0.504 e. The normalized spacial score (nSPS) is 13.6. The number of benzene rings is 2. The molecule has 1 aliphatic rings. The van der Waals surface area contributed by atoms with Crippen LogP contribution in [0.25, 0.3) is 0 Å². The summed E-state index contributed by atoms with van der Waals surface area (Å²) < 4.78 is 0. The predicted molar refractivity (Wildman–Crippen MR) is 91.3 cm³/mol. The monoisotopic (exact) mass is 314 g/mol. The molecule has 2 aromatic carbocycles. The molecule has 0 spiro atoms. The minimum Gasteiger partial charge on any atom is -0.504 e. The number of hydrogen-bond acceptors (Lipinski definition) is 3. The fourth-order valence-electron chi connectivity index (χ4n) is 2.60. The van der Waals surface area contributed by atoms with Crippen LogP contribution in [-0.2, 0) is 13.0 Å². The third-order valence-corrected chi connectivity index (χ3v) is 4.26. The average molecular weight is 314 g/mol. The second-order valence-electron chi connectivity index (χ2n) is 5.58. The van der Waals surface area contributed by atoms with Gasteiger partial charge in [-0.3, -0.25) is 0 Å². The molecule has 0 unspecified atom stereocenters. The van der Waals surface area contributed by atoms with Gasteiger partial charge in [0.15, 0.2) is 16.6 Å². The number of phenolic OH excluding ortho intramolecular Hbond substituents is 2. The highest BCUT2D eigenvalue weighted by Gasteiger charge is 2.20. The summed E-state index contributed by atoms with van der Waals surface area (Å²) >= 11 is 5.48. The van der Waals surface area contributed by atoms with Crippen LogP contribution in [0.2, 0.25) is 0 Å². The van der Waals surface area contributed by atoms with Gasteiger partial charge in [-0.2, -0.15) is 0 Å². The number of nitrogens with zero attached hydrogens (tertiary/aromatic N) is 1. The van der Waals surface area contributed by atoms with Crippen molar-refractivity contribution < 1.29 is 10.2 Å². The molecule has 0 amide bonds. The number of fused-ring (bicyclic) bond motifs is 1. The van der Waals surface area contributed by atoms with Gasteiger partial charge in [-0.25, -0.2) is 0 Å². The molecular formula is C17H18N2O2S. The van der Waals surface area contributed by atoms with Gasteiger partial charge in [0.2, 0.25) is 0 Å². The van der Waals surface area contributed by atoms with E-state index >= 15 is 0 Å². The Hall–Kier alpha value is -2.27. The van der Waals surface area contributed by atoms with Crippen molar-refractivity contribution in [1.29, 1.82) is 0 Å². The Balaban J connectivity index is 1.72. The SMILES string of the molecule is Cc1ccc(NC(=S)N2CCc3cc(O)c(O)cc3C2)cc1. The topological polar surface area (TPSA) is 55.7 Å². The van der Waals surface area contributed by atoms with Gasteiger partial charge in [0.05, 0.1) is 0 Å². The van der Waals surface area contributed by atoms with Crippen molar-refractivity contribution in [2.24, 2.45) is 0 Å². The summed E-state index contributed by atoms with van der Waals surface area (Å²) in [6.45, 7) is 3.46. The van der Waals surface area contributed by atoms with E-state index in [4.69, 9.17) is 12.2 Å². The highest BCUT2D eigenvalue weighted by atomic mass is 32.1. The van der Waals surface area contributed by atoms with E-state index in [0.29, 0.717) is 11.7 Å². The summed E-state index contributed by atoms with van der Waals surface area (Å²) in [7, 11) is 0. The van der Waals surface area contributed by atoms with Crippen molar-refractivity contribution >= 4 is 23.0 Å². The number of anilines is 1.